The fourth-order valence-electron chi connectivity index (χ4n) is 1.28. The maximum absolute atomic E-state index is 10.6. The number of ether oxygens (including phenoxy) is 1. The highest BCUT2D eigenvalue weighted by Gasteiger charge is 2.20. The summed E-state index contributed by atoms with van der Waals surface area (Å²) in [5, 5.41) is 20.4. The molecule has 0 bridgehead atoms. The highest BCUT2D eigenvalue weighted by Crippen LogP contribution is 2.36. The van der Waals surface area contributed by atoms with E-state index in [1.807, 2.05) is 0 Å². The van der Waals surface area contributed by atoms with Gasteiger partial charge in [-0.05, 0) is 0 Å². The molecule has 0 aromatic heterocycles. The van der Waals surface area contributed by atoms with E-state index in [1.165, 1.54) is 13.2 Å². The SMILES string of the molecule is COc1cc([N+](=O)[O-])cc([C@H](N)CN)c1O. The van der Waals surface area contributed by atoms with Crippen LogP contribution in [0.5, 0.6) is 11.5 Å². The summed E-state index contributed by atoms with van der Waals surface area (Å²) in [6.45, 7) is 0.0673. The minimum absolute atomic E-state index is 0.00750. The lowest BCUT2D eigenvalue weighted by atomic mass is 10.1. The molecule has 0 radical (unpaired) electrons. The van der Waals surface area contributed by atoms with Gasteiger partial charge >= 0.3 is 0 Å². The molecule has 1 rings (SSSR count). The molecule has 88 valence electrons. The monoisotopic (exact) mass is 227 g/mol. The van der Waals surface area contributed by atoms with Gasteiger partial charge in [0.25, 0.3) is 5.69 Å². The van der Waals surface area contributed by atoms with Crippen LogP contribution >= 0.6 is 0 Å². The van der Waals surface area contributed by atoms with Crippen molar-refractivity contribution < 1.29 is 14.8 Å². The van der Waals surface area contributed by atoms with Crippen molar-refractivity contribution in [2.75, 3.05) is 13.7 Å². The second kappa shape index (κ2) is 4.77. The molecule has 0 aliphatic rings. The quantitative estimate of drug-likeness (QED) is 0.500. The van der Waals surface area contributed by atoms with E-state index in [-0.39, 0.29) is 29.3 Å². The molecule has 1 aromatic carbocycles. The number of nitro benzene ring substituents is 1. The Balaban J connectivity index is 3.35. The van der Waals surface area contributed by atoms with Gasteiger partial charge in [0.05, 0.1) is 18.1 Å². The lowest BCUT2D eigenvalue weighted by molar-refractivity contribution is -0.385. The van der Waals surface area contributed by atoms with Gasteiger partial charge in [-0.1, -0.05) is 0 Å². The van der Waals surface area contributed by atoms with E-state index in [0.29, 0.717) is 0 Å². The maximum Gasteiger partial charge on any atom is 0.273 e. The Kier molecular flexibility index (Phi) is 3.64. The second-order valence-electron chi connectivity index (χ2n) is 3.19. The van der Waals surface area contributed by atoms with Gasteiger partial charge in [-0.2, -0.15) is 0 Å². The molecule has 1 atom stereocenters. The zero-order valence-electron chi connectivity index (χ0n) is 8.71. The molecule has 0 heterocycles. The third-order valence-electron chi connectivity index (χ3n) is 2.17. The topological polar surface area (TPSA) is 125 Å². The van der Waals surface area contributed by atoms with E-state index >= 15 is 0 Å². The van der Waals surface area contributed by atoms with Gasteiger partial charge in [-0.3, -0.25) is 10.1 Å². The van der Waals surface area contributed by atoms with E-state index in [2.05, 4.69) is 0 Å². The Morgan fingerprint density at radius 1 is 1.62 bits per heavy atom. The molecule has 7 nitrogen and oxygen atoms in total. The van der Waals surface area contributed by atoms with Crippen molar-refractivity contribution in [2.24, 2.45) is 11.5 Å². The van der Waals surface area contributed by atoms with Crippen LogP contribution in [0.15, 0.2) is 12.1 Å². The molecule has 0 saturated heterocycles. The van der Waals surface area contributed by atoms with Crippen LogP contribution < -0.4 is 16.2 Å². The fraction of sp³-hybridized carbons (Fsp3) is 0.333. The Labute approximate surface area is 91.8 Å². The number of rotatable bonds is 4. The predicted octanol–water partition coefficient (Wildman–Crippen LogP) is 0.267. The van der Waals surface area contributed by atoms with Crippen LogP contribution in [-0.2, 0) is 0 Å². The number of hydrogen-bond donors (Lipinski definition) is 3. The molecule has 0 amide bonds. The number of nitrogens with zero attached hydrogens (tertiary/aromatic N) is 1. The Morgan fingerprint density at radius 3 is 2.69 bits per heavy atom. The highest BCUT2D eigenvalue weighted by molar-refractivity contribution is 5.54. The van der Waals surface area contributed by atoms with Crippen molar-refractivity contribution in [1.82, 2.24) is 0 Å². The van der Waals surface area contributed by atoms with Crippen molar-refractivity contribution in [3.8, 4) is 11.5 Å². The smallest absolute Gasteiger partial charge is 0.273 e. The van der Waals surface area contributed by atoms with Gasteiger partial charge in [0.2, 0.25) is 0 Å². The summed E-state index contributed by atoms with van der Waals surface area (Å²) in [6.07, 6.45) is 0. The minimum Gasteiger partial charge on any atom is -0.504 e. The van der Waals surface area contributed by atoms with E-state index in [0.717, 1.165) is 6.07 Å². The number of phenols is 1. The third kappa shape index (κ3) is 2.20. The number of nitro groups is 1. The number of non-ortho nitro benzene ring substituents is 1. The zero-order valence-corrected chi connectivity index (χ0v) is 8.71. The van der Waals surface area contributed by atoms with Crippen LogP contribution in [0.2, 0.25) is 0 Å². The van der Waals surface area contributed by atoms with E-state index in [4.69, 9.17) is 16.2 Å². The summed E-state index contributed by atoms with van der Waals surface area (Å²) in [7, 11) is 1.30. The van der Waals surface area contributed by atoms with Crippen molar-refractivity contribution in [2.45, 2.75) is 6.04 Å². The van der Waals surface area contributed by atoms with Crippen LogP contribution in [0.25, 0.3) is 0 Å². The molecule has 0 saturated carbocycles. The molecule has 0 aliphatic heterocycles. The van der Waals surface area contributed by atoms with Crippen LogP contribution in [0.1, 0.15) is 11.6 Å². The van der Waals surface area contributed by atoms with Gasteiger partial charge < -0.3 is 21.3 Å². The summed E-state index contributed by atoms with van der Waals surface area (Å²) in [6, 6.07) is 1.64. The summed E-state index contributed by atoms with van der Waals surface area (Å²) in [5.41, 5.74) is 11.0. The molecule has 0 unspecified atom stereocenters. The number of phenolic OH excluding ortho intramolecular Hbond substituents is 1. The normalized spacial score (nSPS) is 12.2. The lowest BCUT2D eigenvalue weighted by Gasteiger charge is -2.13. The van der Waals surface area contributed by atoms with Crippen LogP contribution in [-0.4, -0.2) is 23.7 Å². The van der Waals surface area contributed by atoms with Gasteiger partial charge in [-0.15, -0.1) is 0 Å². The molecule has 0 fully saturated rings. The standard InChI is InChI=1S/C9H13N3O4/c1-16-8-3-5(12(14)15)2-6(9(8)13)7(11)4-10/h2-3,7,13H,4,10-11H2,1H3/t7-/m1/s1. The molecule has 0 spiro atoms. The third-order valence-corrected chi connectivity index (χ3v) is 2.17. The summed E-state index contributed by atoms with van der Waals surface area (Å²) in [5.74, 6) is -0.209. The van der Waals surface area contributed by atoms with Gasteiger partial charge in [0, 0.05) is 24.2 Å². The van der Waals surface area contributed by atoms with Crippen LogP contribution in [0, 0.1) is 10.1 Å². The van der Waals surface area contributed by atoms with E-state index < -0.39 is 11.0 Å². The molecule has 5 N–H and O–H groups in total. The first kappa shape index (κ1) is 12.2. The number of hydrogen-bond acceptors (Lipinski definition) is 6. The summed E-state index contributed by atoms with van der Waals surface area (Å²) < 4.78 is 4.82. The van der Waals surface area contributed by atoms with Gasteiger partial charge in [-0.25, -0.2) is 0 Å². The maximum atomic E-state index is 10.6. The van der Waals surface area contributed by atoms with Gasteiger partial charge in [0.15, 0.2) is 11.5 Å². The summed E-state index contributed by atoms with van der Waals surface area (Å²) >= 11 is 0. The molecular weight excluding hydrogens is 214 g/mol. The van der Waals surface area contributed by atoms with Crippen molar-refractivity contribution >= 4 is 5.69 Å². The number of benzene rings is 1. The Morgan fingerprint density at radius 2 is 2.25 bits per heavy atom. The minimum atomic E-state index is -0.672. The van der Waals surface area contributed by atoms with Crippen molar-refractivity contribution in [3.05, 3.63) is 27.8 Å². The lowest BCUT2D eigenvalue weighted by Crippen LogP contribution is -2.21. The molecule has 7 heteroatoms. The molecule has 16 heavy (non-hydrogen) atoms. The number of aromatic hydroxyl groups is 1. The fourth-order valence-corrected chi connectivity index (χ4v) is 1.28. The van der Waals surface area contributed by atoms with Crippen molar-refractivity contribution in [3.63, 3.8) is 0 Å². The Hall–Kier alpha value is -1.86. The molecular formula is C9H13N3O4. The average molecular weight is 227 g/mol. The first-order valence-electron chi connectivity index (χ1n) is 4.52. The van der Waals surface area contributed by atoms with Crippen LogP contribution in [0.3, 0.4) is 0 Å². The first-order valence-corrected chi connectivity index (χ1v) is 4.52. The predicted molar refractivity (Wildman–Crippen MR) is 57.3 cm³/mol. The average Bonchev–Trinajstić information content (AvgIpc) is 2.28. The van der Waals surface area contributed by atoms with Crippen LogP contribution in [0.4, 0.5) is 5.69 Å². The zero-order chi connectivity index (χ0) is 12.3. The number of nitrogens with two attached hydrogens (primary N) is 2. The highest BCUT2D eigenvalue weighted by atomic mass is 16.6. The summed E-state index contributed by atoms with van der Waals surface area (Å²) in [4.78, 5) is 10.1. The molecule has 0 aliphatic carbocycles. The largest absolute Gasteiger partial charge is 0.504 e. The van der Waals surface area contributed by atoms with Gasteiger partial charge in [0.1, 0.15) is 0 Å². The molecule has 1 aromatic rings. The number of methoxy groups -OCH3 is 1. The van der Waals surface area contributed by atoms with E-state index in [9.17, 15) is 15.2 Å². The second-order valence-corrected chi connectivity index (χ2v) is 3.19. The van der Waals surface area contributed by atoms with Crippen molar-refractivity contribution in [1.29, 1.82) is 0 Å². The first-order chi connectivity index (χ1) is 7.51. The van der Waals surface area contributed by atoms with E-state index in [1.54, 1.807) is 0 Å². The Bertz CT molecular complexity index is 408.